The van der Waals surface area contributed by atoms with Crippen LogP contribution >= 0.6 is 11.8 Å². The second kappa shape index (κ2) is 6.40. The summed E-state index contributed by atoms with van der Waals surface area (Å²) in [7, 11) is 1.33. The second-order valence-corrected chi connectivity index (χ2v) is 6.67. The van der Waals surface area contributed by atoms with E-state index in [1.165, 1.54) is 17.9 Å². The molecule has 0 bridgehead atoms. The van der Waals surface area contributed by atoms with Crippen molar-refractivity contribution in [3.63, 3.8) is 0 Å². The SMILES string of the molecule is COC(=O)N[C@@H]1CC(=O)C[C@H]1Sc1ccc2ccccc2c1. The molecule has 0 spiro atoms. The van der Waals surface area contributed by atoms with Gasteiger partial charge < -0.3 is 10.1 Å². The molecule has 0 heterocycles. The summed E-state index contributed by atoms with van der Waals surface area (Å²) in [6.45, 7) is 0. The van der Waals surface area contributed by atoms with Crippen LogP contribution < -0.4 is 5.32 Å². The number of carbonyl (C=O) groups excluding carboxylic acids is 2. The molecule has 0 radical (unpaired) electrons. The number of thioether (sulfide) groups is 1. The minimum absolute atomic E-state index is 0.0489. The molecule has 1 aliphatic rings. The van der Waals surface area contributed by atoms with Crippen LogP contribution in [-0.2, 0) is 9.53 Å². The molecule has 1 saturated carbocycles. The van der Waals surface area contributed by atoms with Crippen molar-refractivity contribution in [2.45, 2.75) is 29.0 Å². The number of ketones is 1. The molecule has 1 aliphatic carbocycles. The van der Waals surface area contributed by atoms with Gasteiger partial charge in [-0.2, -0.15) is 0 Å². The maximum absolute atomic E-state index is 11.7. The van der Waals surface area contributed by atoms with Crippen LogP contribution in [0.1, 0.15) is 12.8 Å². The van der Waals surface area contributed by atoms with E-state index in [4.69, 9.17) is 0 Å². The van der Waals surface area contributed by atoms with E-state index in [9.17, 15) is 9.59 Å². The number of fused-ring (bicyclic) bond motifs is 1. The third-order valence-corrected chi connectivity index (χ3v) is 5.15. The van der Waals surface area contributed by atoms with Gasteiger partial charge in [0.1, 0.15) is 5.78 Å². The number of methoxy groups -OCH3 is 1. The van der Waals surface area contributed by atoms with Gasteiger partial charge in [0.25, 0.3) is 0 Å². The predicted octanol–water partition coefficient (Wildman–Crippen LogP) is 3.39. The van der Waals surface area contributed by atoms with Crippen molar-refractivity contribution >= 4 is 34.4 Å². The minimum atomic E-state index is -0.483. The first kappa shape index (κ1) is 14.9. The molecule has 0 aromatic heterocycles. The maximum Gasteiger partial charge on any atom is 0.407 e. The number of nitrogens with one attached hydrogen (secondary N) is 1. The summed E-state index contributed by atoms with van der Waals surface area (Å²) in [5, 5.41) is 5.18. The number of ether oxygens (including phenoxy) is 1. The van der Waals surface area contributed by atoms with Crippen LogP contribution in [0.3, 0.4) is 0 Å². The standard InChI is InChI=1S/C17H17NO3S/c1-21-17(20)18-15-9-13(19)10-16(15)22-14-7-6-11-4-2-3-5-12(11)8-14/h2-8,15-16H,9-10H2,1H3,(H,18,20)/t15-,16-/m1/s1. The number of benzene rings is 2. The Morgan fingerprint density at radius 2 is 1.95 bits per heavy atom. The summed E-state index contributed by atoms with van der Waals surface area (Å²) in [4.78, 5) is 24.2. The van der Waals surface area contributed by atoms with Crippen molar-refractivity contribution in [3.05, 3.63) is 42.5 Å². The largest absolute Gasteiger partial charge is 0.453 e. The molecule has 0 aliphatic heterocycles. The first-order chi connectivity index (χ1) is 10.7. The predicted molar refractivity (Wildman–Crippen MR) is 87.2 cm³/mol. The van der Waals surface area contributed by atoms with Gasteiger partial charge in [0.2, 0.25) is 0 Å². The Labute approximate surface area is 133 Å². The van der Waals surface area contributed by atoms with E-state index in [2.05, 4.69) is 40.4 Å². The Kier molecular flexibility index (Phi) is 4.34. The van der Waals surface area contributed by atoms with Gasteiger partial charge in [-0.05, 0) is 22.9 Å². The average Bonchev–Trinajstić information content (AvgIpc) is 2.86. The number of Topliss-reactive ketones (excluding diaryl/α,β-unsaturated/α-hetero) is 1. The summed E-state index contributed by atoms with van der Waals surface area (Å²) >= 11 is 1.64. The van der Waals surface area contributed by atoms with Crippen LogP contribution in [0, 0.1) is 0 Å². The lowest BCUT2D eigenvalue weighted by Crippen LogP contribution is -2.38. The second-order valence-electron chi connectivity index (χ2n) is 5.35. The zero-order valence-electron chi connectivity index (χ0n) is 12.2. The lowest BCUT2D eigenvalue weighted by molar-refractivity contribution is -0.117. The molecular formula is C17H17NO3S. The first-order valence-corrected chi connectivity index (χ1v) is 8.05. The summed E-state index contributed by atoms with van der Waals surface area (Å²) in [5.41, 5.74) is 0. The fourth-order valence-corrected chi connectivity index (χ4v) is 4.01. The van der Waals surface area contributed by atoms with E-state index in [-0.39, 0.29) is 17.1 Å². The first-order valence-electron chi connectivity index (χ1n) is 7.17. The smallest absolute Gasteiger partial charge is 0.407 e. The van der Waals surface area contributed by atoms with E-state index in [0.717, 1.165) is 4.90 Å². The third-order valence-electron chi connectivity index (χ3n) is 3.82. The summed E-state index contributed by atoms with van der Waals surface area (Å²) in [6.07, 6.45) is 0.371. The summed E-state index contributed by atoms with van der Waals surface area (Å²) in [6, 6.07) is 14.3. The van der Waals surface area contributed by atoms with Gasteiger partial charge in [0, 0.05) is 23.0 Å². The van der Waals surface area contributed by atoms with Crippen molar-refractivity contribution in [2.24, 2.45) is 0 Å². The maximum atomic E-state index is 11.7. The number of hydrogen-bond acceptors (Lipinski definition) is 4. The highest BCUT2D eigenvalue weighted by Crippen LogP contribution is 2.35. The van der Waals surface area contributed by atoms with Crippen LogP contribution in [0.15, 0.2) is 47.4 Å². The van der Waals surface area contributed by atoms with Gasteiger partial charge in [-0.3, -0.25) is 4.79 Å². The zero-order valence-corrected chi connectivity index (χ0v) is 13.1. The minimum Gasteiger partial charge on any atom is -0.453 e. The summed E-state index contributed by atoms with van der Waals surface area (Å²) in [5.74, 6) is 0.180. The van der Waals surface area contributed by atoms with Crippen molar-refractivity contribution in [3.8, 4) is 0 Å². The van der Waals surface area contributed by atoms with Crippen molar-refractivity contribution in [2.75, 3.05) is 7.11 Å². The van der Waals surface area contributed by atoms with Gasteiger partial charge in [-0.25, -0.2) is 4.79 Å². The number of hydrogen-bond donors (Lipinski definition) is 1. The Hall–Kier alpha value is -2.01. The van der Waals surface area contributed by atoms with Gasteiger partial charge in [0.05, 0.1) is 13.2 Å². The number of carbonyl (C=O) groups is 2. The highest BCUT2D eigenvalue weighted by molar-refractivity contribution is 8.00. The Morgan fingerprint density at radius 3 is 2.73 bits per heavy atom. The Balaban J connectivity index is 1.77. The fraction of sp³-hybridized carbons (Fsp3) is 0.294. The normalized spacial score (nSPS) is 21.0. The van der Waals surface area contributed by atoms with Gasteiger partial charge >= 0.3 is 6.09 Å². The van der Waals surface area contributed by atoms with Crippen LogP contribution in [0.5, 0.6) is 0 Å². The number of alkyl carbamates (subject to hydrolysis) is 1. The van der Waals surface area contributed by atoms with E-state index >= 15 is 0 Å². The third kappa shape index (κ3) is 3.25. The highest BCUT2D eigenvalue weighted by Gasteiger charge is 2.35. The topological polar surface area (TPSA) is 55.4 Å². The molecule has 5 heteroatoms. The average molecular weight is 315 g/mol. The monoisotopic (exact) mass is 315 g/mol. The van der Waals surface area contributed by atoms with Crippen LogP contribution in [0.4, 0.5) is 4.79 Å². The molecule has 4 nitrogen and oxygen atoms in total. The fourth-order valence-electron chi connectivity index (χ4n) is 2.72. The lowest BCUT2D eigenvalue weighted by Gasteiger charge is -2.19. The van der Waals surface area contributed by atoms with Crippen molar-refractivity contribution in [1.82, 2.24) is 5.32 Å². The van der Waals surface area contributed by atoms with Crippen molar-refractivity contribution in [1.29, 1.82) is 0 Å². The van der Waals surface area contributed by atoms with Crippen molar-refractivity contribution < 1.29 is 14.3 Å². The highest BCUT2D eigenvalue weighted by atomic mass is 32.2. The molecule has 1 fully saturated rings. The molecular weight excluding hydrogens is 298 g/mol. The van der Waals surface area contributed by atoms with Gasteiger partial charge in [-0.1, -0.05) is 30.3 Å². The van der Waals surface area contributed by atoms with Gasteiger partial charge in [-0.15, -0.1) is 11.8 Å². The van der Waals surface area contributed by atoms with Gasteiger partial charge in [0.15, 0.2) is 0 Å². The van der Waals surface area contributed by atoms with Crippen LogP contribution in [0.2, 0.25) is 0 Å². The number of rotatable bonds is 3. The Bertz CT molecular complexity index is 716. The van der Waals surface area contributed by atoms with Crippen LogP contribution in [-0.4, -0.2) is 30.3 Å². The molecule has 22 heavy (non-hydrogen) atoms. The molecule has 114 valence electrons. The summed E-state index contributed by atoms with van der Waals surface area (Å²) < 4.78 is 4.63. The Morgan fingerprint density at radius 1 is 1.18 bits per heavy atom. The van der Waals surface area contributed by atoms with E-state index < -0.39 is 6.09 Å². The quantitative estimate of drug-likeness (QED) is 0.943. The molecule has 2 aromatic rings. The molecule has 2 aromatic carbocycles. The molecule has 0 saturated heterocycles. The van der Waals surface area contributed by atoms with Crippen LogP contribution in [0.25, 0.3) is 10.8 Å². The lowest BCUT2D eigenvalue weighted by atomic mass is 10.1. The van der Waals surface area contributed by atoms with E-state index in [1.54, 1.807) is 11.8 Å². The van der Waals surface area contributed by atoms with E-state index in [1.807, 2.05) is 12.1 Å². The zero-order chi connectivity index (χ0) is 15.5. The molecule has 2 atom stereocenters. The molecule has 1 N–H and O–H groups in total. The number of amides is 1. The molecule has 1 amide bonds. The van der Waals surface area contributed by atoms with E-state index in [0.29, 0.717) is 12.8 Å². The molecule has 3 rings (SSSR count). The molecule has 0 unspecified atom stereocenters.